The van der Waals surface area contributed by atoms with E-state index in [-0.39, 0.29) is 12.2 Å². The first-order valence-corrected chi connectivity index (χ1v) is 8.05. The minimum atomic E-state index is -0.210. The van der Waals surface area contributed by atoms with Gasteiger partial charge in [0.25, 0.3) is 0 Å². The molecule has 0 atom stereocenters. The van der Waals surface area contributed by atoms with Crippen molar-refractivity contribution in [2.75, 3.05) is 23.3 Å². The van der Waals surface area contributed by atoms with E-state index in [0.29, 0.717) is 6.54 Å². The largest absolute Gasteiger partial charge is 0.446 e. The highest BCUT2D eigenvalue weighted by atomic mass is 79.9. The Balaban J connectivity index is 1.74. The van der Waals surface area contributed by atoms with Crippen LogP contribution >= 0.6 is 15.9 Å². The fourth-order valence-corrected chi connectivity index (χ4v) is 3.23. The molecule has 0 radical (unpaired) electrons. The number of amides is 1. The molecule has 108 valence electrons. The molecule has 3 rings (SSSR count). The van der Waals surface area contributed by atoms with Crippen molar-refractivity contribution in [1.82, 2.24) is 0 Å². The SMILES string of the molecule is O=C(OC1CCCCC1)N1CCNc2ccc(Br)cc21. The fourth-order valence-electron chi connectivity index (χ4n) is 2.88. The summed E-state index contributed by atoms with van der Waals surface area (Å²) in [6.45, 7) is 1.41. The molecule has 1 aromatic carbocycles. The van der Waals surface area contributed by atoms with Gasteiger partial charge in [0.1, 0.15) is 6.10 Å². The number of hydrogen-bond acceptors (Lipinski definition) is 3. The molecule has 0 saturated heterocycles. The lowest BCUT2D eigenvalue weighted by molar-refractivity contribution is 0.0809. The van der Waals surface area contributed by atoms with E-state index in [2.05, 4.69) is 21.2 Å². The molecule has 2 aliphatic rings. The molecule has 1 amide bonds. The number of halogens is 1. The van der Waals surface area contributed by atoms with Crippen LogP contribution in [0.3, 0.4) is 0 Å². The van der Waals surface area contributed by atoms with Crippen LogP contribution in [0.1, 0.15) is 32.1 Å². The van der Waals surface area contributed by atoms with Gasteiger partial charge in [-0.3, -0.25) is 4.90 Å². The summed E-state index contributed by atoms with van der Waals surface area (Å²) in [5.74, 6) is 0. The zero-order valence-corrected chi connectivity index (χ0v) is 13.0. The summed E-state index contributed by atoms with van der Waals surface area (Å²) in [5.41, 5.74) is 1.88. The number of fused-ring (bicyclic) bond motifs is 1. The summed E-state index contributed by atoms with van der Waals surface area (Å²) in [6, 6.07) is 5.92. The number of carbonyl (C=O) groups excluding carboxylic acids is 1. The molecule has 1 aliphatic heterocycles. The Kier molecular flexibility index (Phi) is 4.15. The molecule has 4 nitrogen and oxygen atoms in total. The van der Waals surface area contributed by atoms with Crippen LogP contribution in [-0.2, 0) is 4.74 Å². The van der Waals surface area contributed by atoms with E-state index in [1.807, 2.05) is 18.2 Å². The van der Waals surface area contributed by atoms with Crippen molar-refractivity contribution >= 4 is 33.4 Å². The van der Waals surface area contributed by atoms with Crippen LogP contribution in [0.5, 0.6) is 0 Å². The van der Waals surface area contributed by atoms with Gasteiger partial charge in [-0.15, -0.1) is 0 Å². The summed E-state index contributed by atoms with van der Waals surface area (Å²) in [4.78, 5) is 14.1. The van der Waals surface area contributed by atoms with E-state index < -0.39 is 0 Å². The van der Waals surface area contributed by atoms with Gasteiger partial charge in [0.05, 0.1) is 11.4 Å². The minimum absolute atomic E-state index is 0.0988. The quantitative estimate of drug-likeness (QED) is 0.836. The second kappa shape index (κ2) is 6.04. The summed E-state index contributed by atoms with van der Waals surface area (Å²) in [7, 11) is 0. The van der Waals surface area contributed by atoms with Gasteiger partial charge >= 0.3 is 6.09 Å². The number of nitrogens with zero attached hydrogens (tertiary/aromatic N) is 1. The third-order valence-corrected chi connectivity index (χ3v) is 4.43. The molecule has 1 saturated carbocycles. The highest BCUT2D eigenvalue weighted by Crippen LogP contribution is 2.33. The molecule has 0 bridgehead atoms. The standard InChI is InChI=1S/C15H19BrN2O2/c16-11-6-7-13-14(10-11)18(9-8-17-13)15(19)20-12-4-2-1-3-5-12/h6-7,10,12,17H,1-5,8-9H2. The second-order valence-electron chi connectivity index (χ2n) is 5.38. The van der Waals surface area contributed by atoms with E-state index in [0.717, 1.165) is 35.2 Å². The monoisotopic (exact) mass is 338 g/mol. The van der Waals surface area contributed by atoms with Gasteiger partial charge in [0, 0.05) is 17.6 Å². The number of anilines is 2. The van der Waals surface area contributed by atoms with Crippen molar-refractivity contribution in [3.63, 3.8) is 0 Å². The average molecular weight is 339 g/mol. The predicted molar refractivity (Wildman–Crippen MR) is 83.3 cm³/mol. The molecule has 1 aliphatic carbocycles. The fraction of sp³-hybridized carbons (Fsp3) is 0.533. The Labute approximate surface area is 127 Å². The zero-order valence-electron chi connectivity index (χ0n) is 11.4. The highest BCUT2D eigenvalue weighted by Gasteiger charge is 2.26. The number of nitrogens with one attached hydrogen (secondary N) is 1. The van der Waals surface area contributed by atoms with Gasteiger partial charge in [-0.25, -0.2) is 4.79 Å². The summed E-state index contributed by atoms with van der Waals surface area (Å²) >= 11 is 3.46. The second-order valence-corrected chi connectivity index (χ2v) is 6.30. The summed E-state index contributed by atoms with van der Waals surface area (Å²) in [5, 5.41) is 3.31. The van der Waals surface area contributed by atoms with Crippen LogP contribution in [0, 0.1) is 0 Å². The maximum atomic E-state index is 12.4. The third kappa shape index (κ3) is 2.92. The lowest BCUT2D eigenvalue weighted by Gasteiger charge is -2.32. The zero-order chi connectivity index (χ0) is 13.9. The minimum Gasteiger partial charge on any atom is -0.446 e. The summed E-state index contributed by atoms with van der Waals surface area (Å²) < 4.78 is 6.64. The smallest absolute Gasteiger partial charge is 0.414 e. The van der Waals surface area contributed by atoms with Gasteiger partial charge in [0.15, 0.2) is 0 Å². The van der Waals surface area contributed by atoms with E-state index in [4.69, 9.17) is 4.74 Å². The maximum absolute atomic E-state index is 12.4. The molecule has 1 heterocycles. The first kappa shape index (κ1) is 13.7. The van der Waals surface area contributed by atoms with Crippen molar-refractivity contribution in [3.05, 3.63) is 22.7 Å². The predicted octanol–water partition coefficient (Wildman–Crippen LogP) is 4.15. The number of rotatable bonds is 1. The van der Waals surface area contributed by atoms with Crippen molar-refractivity contribution in [1.29, 1.82) is 0 Å². The first-order valence-electron chi connectivity index (χ1n) is 7.25. The Morgan fingerprint density at radius 1 is 1.30 bits per heavy atom. The van der Waals surface area contributed by atoms with Crippen LogP contribution in [0.15, 0.2) is 22.7 Å². The molecule has 1 fully saturated rings. The van der Waals surface area contributed by atoms with Crippen molar-refractivity contribution in [3.8, 4) is 0 Å². The van der Waals surface area contributed by atoms with E-state index >= 15 is 0 Å². The molecular formula is C15H19BrN2O2. The summed E-state index contributed by atoms with van der Waals surface area (Å²) in [6.07, 6.45) is 5.49. The van der Waals surface area contributed by atoms with Crippen LogP contribution in [-0.4, -0.2) is 25.3 Å². The molecule has 0 unspecified atom stereocenters. The maximum Gasteiger partial charge on any atom is 0.414 e. The van der Waals surface area contributed by atoms with Crippen LogP contribution in [0.25, 0.3) is 0 Å². The number of hydrogen-bond donors (Lipinski definition) is 1. The van der Waals surface area contributed by atoms with Crippen molar-refractivity contribution in [2.45, 2.75) is 38.2 Å². The first-order chi connectivity index (χ1) is 9.74. The average Bonchev–Trinajstić information content (AvgIpc) is 2.47. The molecule has 0 spiro atoms. The van der Waals surface area contributed by atoms with Gasteiger partial charge in [-0.1, -0.05) is 22.4 Å². The Hall–Kier alpha value is -1.23. The molecule has 5 heteroatoms. The normalized spacial score (nSPS) is 19.1. The lowest BCUT2D eigenvalue weighted by Crippen LogP contribution is -2.41. The molecule has 1 aromatic rings. The number of carbonyl (C=O) groups is 1. The third-order valence-electron chi connectivity index (χ3n) is 3.94. The Morgan fingerprint density at radius 3 is 2.90 bits per heavy atom. The molecule has 1 N–H and O–H groups in total. The van der Waals surface area contributed by atoms with Crippen LogP contribution in [0.2, 0.25) is 0 Å². The topological polar surface area (TPSA) is 41.6 Å². The Bertz CT molecular complexity index is 501. The van der Waals surface area contributed by atoms with Crippen LogP contribution in [0.4, 0.5) is 16.2 Å². The van der Waals surface area contributed by atoms with Crippen molar-refractivity contribution in [2.24, 2.45) is 0 Å². The van der Waals surface area contributed by atoms with E-state index in [1.54, 1.807) is 4.90 Å². The Morgan fingerprint density at radius 2 is 2.10 bits per heavy atom. The van der Waals surface area contributed by atoms with Gasteiger partial charge in [-0.05, 0) is 43.9 Å². The van der Waals surface area contributed by atoms with E-state index in [1.165, 1.54) is 19.3 Å². The highest BCUT2D eigenvalue weighted by molar-refractivity contribution is 9.10. The van der Waals surface area contributed by atoms with Gasteiger partial charge < -0.3 is 10.1 Å². The van der Waals surface area contributed by atoms with Crippen LogP contribution < -0.4 is 10.2 Å². The van der Waals surface area contributed by atoms with Gasteiger partial charge in [0.2, 0.25) is 0 Å². The number of ether oxygens (including phenoxy) is 1. The lowest BCUT2D eigenvalue weighted by atomic mass is 9.98. The molecular weight excluding hydrogens is 320 g/mol. The van der Waals surface area contributed by atoms with Crippen molar-refractivity contribution < 1.29 is 9.53 Å². The number of benzene rings is 1. The van der Waals surface area contributed by atoms with Gasteiger partial charge in [-0.2, -0.15) is 0 Å². The molecule has 0 aromatic heterocycles. The van der Waals surface area contributed by atoms with E-state index in [9.17, 15) is 4.79 Å². The molecule has 20 heavy (non-hydrogen) atoms.